The predicted octanol–water partition coefficient (Wildman–Crippen LogP) is 3.19. The first-order valence-electron chi connectivity index (χ1n) is 11.5. The Hall–Kier alpha value is -5.32. The molecule has 4 heterocycles. The number of nitrogens with one attached hydrogen (secondary N) is 3. The van der Waals surface area contributed by atoms with E-state index >= 15 is 0 Å². The quantitative estimate of drug-likeness (QED) is 0.328. The SMILES string of the molecule is Cn1ncc(C(=O)NCc2nc3ccccc3[nH]2)c1C(=O)Nc1ccn2cc(-c3ccccc3)nc2n1. The molecule has 6 aromatic rings. The second kappa shape index (κ2) is 9.04. The Kier molecular flexibility index (Phi) is 5.41. The molecular weight excluding hydrogens is 470 g/mol. The molecule has 0 aliphatic carbocycles. The van der Waals surface area contributed by atoms with Gasteiger partial charge in [0.05, 0.1) is 35.0 Å². The van der Waals surface area contributed by atoms with Crippen molar-refractivity contribution >= 4 is 34.4 Å². The third kappa shape index (κ3) is 4.29. The molecule has 0 fully saturated rings. The van der Waals surface area contributed by atoms with Gasteiger partial charge >= 0.3 is 0 Å². The van der Waals surface area contributed by atoms with Crippen LogP contribution in [0.1, 0.15) is 26.7 Å². The Balaban J connectivity index is 1.19. The van der Waals surface area contributed by atoms with Crippen LogP contribution in [0.5, 0.6) is 0 Å². The summed E-state index contributed by atoms with van der Waals surface area (Å²) in [5.74, 6) is 0.392. The van der Waals surface area contributed by atoms with Crippen LogP contribution in [0.3, 0.4) is 0 Å². The normalized spacial score (nSPS) is 11.2. The number of nitrogens with zero attached hydrogens (tertiary/aromatic N) is 6. The highest BCUT2D eigenvalue weighted by molar-refractivity contribution is 6.10. The van der Waals surface area contributed by atoms with Gasteiger partial charge < -0.3 is 15.6 Å². The first kappa shape index (κ1) is 22.2. The summed E-state index contributed by atoms with van der Waals surface area (Å²) >= 11 is 0. The summed E-state index contributed by atoms with van der Waals surface area (Å²) in [4.78, 5) is 42.7. The highest BCUT2D eigenvalue weighted by Gasteiger charge is 2.23. The van der Waals surface area contributed by atoms with Crippen LogP contribution in [-0.4, -0.2) is 45.9 Å². The number of hydrogen-bond acceptors (Lipinski definition) is 6. The van der Waals surface area contributed by atoms with Gasteiger partial charge in [0.1, 0.15) is 17.3 Å². The van der Waals surface area contributed by atoms with Gasteiger partial charge in [-0.05, 0) is 18.2 Å². The van der Waals surface area contributed by atoms with Crippen LogP contribution in [0, 0.1) is 0 Å². The highest BCUT2D eigenvalue weighted by Crippen LogP contribution is 2.19. The topological polar surface area (TPSA) is 135 Å². The zero-order valence-corrected chi connectivity index (χ0v) is 19.7. The van der Waals surface area contributed by atoms with Gasteiger partial charge in [-0.1, -0.05) is 42.5 Å². The van der Waals surface area contributed by atoms with Crippen LogP contribution in [0.2, 0.25) is 0 Å². The van der Waals surface area contributed by atoms with Crippen molar-refractivity contribution in [2.45, 2.75) is 6.54 Å². The Morgan fingerprint density at radius 3 is 2.59 bits per heavy atom. The number of aryl methyl sites for hydroxylation is 1. The minimum atomic E-state index is -0.513. The summed E-state index contributed by atoms with van der Waals surface area (Å²) in [6.45, 7) is 0.172. The molecule has 182 valence electrons. The molecule has 0 atom stereocenters. The Morgan fingerprint density at radius 1 is 0.946 bits per heavy atom. The number of aromatic nitrogens is 7. The van der Waals surface area contributed by atoms with Gasteiger partial charge in [-0.25, -0.2) is 9.97 Å². The van der Waals surface area contributed by atoms with Crippen LogP contribution < -0.4 is 10.6 Å². The van der Waals surface area contributed by atoms with Gasteiger partial charge in [0, 0.05) is 25.0 Å². The number of carbonyl (C=O) groups is 2. The molecule has 2 amide bonds. The molecule has 11 heteroatoms. The standard InChI is InChI=1S/C26H21N9O2/c1-34-23(17(13-28-34)24(36)27-14-22-29-18-9-5-6-10-19(18)30-22)25(37)32-21-11-12-35-15-20(31-26(35)33-21)16-7-3-2-4-8-16/h2-13,15H,14H2,1H3,(H,27,36)(H,29,30)(H,31,32,33,37). The van der Waals surface area contributed by atoms with Crippen molar-refractivity contribution < 1.29 is 9.59 Å². The maximum absolute atomic E-state index is 13.1. The van der Waals surface area contributed by atoms with Crippen LogP contribution in [0.25, 0.3) is 28.1 Å². The molecular formula is C26H21N9O2. The summed E-state index contributed by atoms with van der Waals surface area (Å²) in [5, 5.41) is 9.66. The minimum Gasteiger partial charge on any atom is -0.345 e. The zero-order chi connectivity index (χ0) is 25.4. The first-order chi connectivity index (χ1) is 18.0. The Bertz CT molecular complexity index is 1730. The number of hydrogen-bond donors (Lipinski definition) is 3. The van der Waals surface area contributed by atoms with E-state index in [0.29, 0.717) is 17.4 Å². The van der Waals surface area contributed by atoms with Crippen molar-refractivity contribution in [3.05, 3.63) is 96.3 Å². The van der Waals surface area contributed by atoms with E-state index in [1.54, 1.807) is 23.7 Å². The number of benzene rings is 2. The van der Waals surface area contributed by atoms with E-state index < -0.39 is 11.8 Å². The van der Waals surface area contributed by atoms with Gasteiger partial charge in [0.2, 0.25) is 5.78 Å². The van der Waals surface area contributed by atoms with Gasteiger partial charge in [-0.2, -0.15) is 10.1 Å². The van der Waals surface area contributed by atoms with Crippen molar-refractivity contribution in [1.29, 1.82) is 0 Å². The largest absolute Gasteiger partial charge is 0.345 e. The molecule has 4 aromatic heterocycles. The maximum atomic E-state index is 13.1. The van der Waals surface area contributed by atoms with Crippen LogP contribution in [-0.2, 0) is 13.6 Å². The lowest BCUT2D eigenvalue weighted by atomic mass is 10.2. The Labute approximate surface area is 210 Å². The van der Waals surface area contributed by atoms with Gasteiger partial charge in [0.15, 0.2) is 0 Å². The van der Waals surface area contributed by atoms with Gasteiger partial charge in [-0.3, -0.25) is 18.7 Å². The molecule has 0 unspecified atom stereocenters. The van der Waals surface area contributed by atoms with E-state index in [-0.39, 0.29) is 17.8 Å². The van der Waals surface area contributed by atoms with E-state index in [4.69, 9.17) is 0 Å². The molecule has 0 aliphatic heterocycles. The fourth-order valence-corrected chi connectivity index (χ4v) is 4.09. The van der Waals surface area contributed by atoms with Crippen LogP contribution in [0.15, 0.2) is 79.3 Å². The molecule has 37 heavy (non-hydrogen) atoms. The molecule has 0 aliphatic rings. The van der Waals surface area contributed by atoms with Gasteiger partial charge in [-0.15, -0.1) is 0 Å². The molecule has 3 N–H and O–H groups in total. The third-order valence-corrected chi connectivity index (χ3v) is 5.89. The number of rotatable bonds is 6. The smallest absolute Gasteiger partial charge is 0.275 e. The molecule has 11 nitrogen and oxygen atoms in total. The Morgan fingerprint density at radius 2 is 1.76 bits per heavy atom. The van der Waals surface area contributed by atoms with E-state index in [1.807, 2.05) is 60.8 Å². The van der Waals surface area contributed by atoms with Crippen LogP contribution >= 0.6 is 0 Å². The number of para-hydroxylation sites is 2. The molecule has 0 saturated heterocycles. The summed E-state index contributed by atoms with van der Waals surface area (Å²) < 4.78 is 3.13. The number of anilines is 1. The zero-order valence-electron chi connectivity index (χ0n) is 19.7. The fourth-order valence-electron chi connectivity index (χ4n) is 4.09. The molecule has 0 bridgehead atoms. The number of carbonyl (C=O) groups excluding carboxylic acids is 2. The van der Waals surface area contributed by atoms with Crippen molar-refractivity contribution in [1.82, 2.24) is 39.4 Å². The minimum absolute atomic E-state index is 0.108. The van der Waals surface area contributed by atoms with Crippen molar-refractivity contribution in [2.24, 2.45) is 7.05 Å². The molecule has 0 spiro atoms. The highest BCUT2D eigenvalue weighted by atomic mass is 16.2. The van der Waals surface area contributed by atoms with E-state index in [2.05, 4.69) is 35.7 Å². The average Bonchev–Trinajstić information content (AvgIpc) is 3.63. The molecule has 0 radical (unpaired) electrons. The van der Waals surface area contributed by atoms with Crippen molar-refractivity contribution in [2.75, 3.05) is 5.32 Å². The summed E-state index contributed by atoms with van der Waals surface area (Å²) in [5.41, 5.74) is 3.68. The second-order valence-corrected chi connectivity index (χ2v) is 8.38. The molecule has 2 aromatic carbocycles. The summed E-state index contributed by atoms with van der Waals surface area (Å²) in [6.07, 6.45) is 5.00. The van der Waals surface area contributed by atoms with Crippen molar-refractivity contribution in [3.63, 3.8) is 0 Å². The van der Waals surface area contributed by atoms with Crippen LogP contribution in [0.4, 0.5) is 5.82 Å². The second-order valence-electron chi connectivity index (χ2n) is 8.38. The fraction of sp³-hybridized carbons (Fsp3) is 0.0769. The number of imidazole rings is 2. The number of aromatic amines is 1. The number of amides is 2. The monoisotopic (exact) mass is 491 g/mol. The molecule has 6 rings (SSSR count). The third-order valence-electron chi connectivity index (χ3n) is 5.89. The lowest BCUT2D eigenvalue weighted by Crippen LogP contribution is -2.27. The van der Waals surface area contributed by atoms with E-state index in [0.717, 1.165) is 22.3 Å². The first-order valence-corrected chi connectivity index (χ1v) is 11.5. The molecule has 0 saturated carbocycles. The average molecular weight is 492 g/mol. The lowest BCUT2D eigenvalue weighted by Gasteiger charge is -2.08. The van der Waals surface area contributed by atoms with E-state index in [9.17, 15) is 9.59 Å². The van der Waals surface area contributed by atoms with E-state index in [1.165, 1.54) is 10.9 Å². The number of fused-ring (bicyclic) bond motifs is 2. The summed E-state index contributed by atoms with van der Waals surface area (Å²) in [7, 11) is 1.60. The lowest BCUT2D eigenvalue weighted by molar-refractivity contribution is 0.0935. The van der Waals surface area contributed by atoms with Crippen molar-refractivity contribution in [3.8, 4) is 11.3 Å². The predicted molar refractivity (Wildman–Crippen MR) is 137 cm³/mol. The summed E-state index contributed by atoms with van der Waals surface area (Å²) in [6, 6.07) is 19.0. The number of H-pyrrole nitrogens is 1. The maximum Gasteiger partial charge on any atom is 0.275 e. The van der Waals surface area contributed by atoms with Gasteiger partial charge in [0.25, 0.3) is 11.8 Å².